The molecular weight excluding hydrogens is 580 g/mol. The molecule has 2 fully saturated rings. The number of aryl methyl sites for hydroxylation is 1. The number of benzene rings is 2. The van der Waals surface area contributed by atoms with Crippen LogP contribution >= 0.6 is 11.8 Å². The van der Waals surface area contributed by atoms with E-state index in [1.54, 1.807) is 11.8 Å². The molecule has 1 aliphatic heterocycles. The number of nitrogens with one attached hydrogen (secondary N) is 1. The molecule has 1 amide bonds. The van der Waals surface area contributed by atoms with E-state index in [9.17, 15) is 14.7 Å². The Bertz CT molecular complexity index is 1150. The number of hydrogen-bond acceptors (Lipinski definition) is 5. The Kier molecular flexibility index (Phi) is 18.5. The van der Waals surface area contributed by atoms with Crippen LogP contribution in [0.4, 0.5) is 0 Å². The Hall–Kier alpha value is -2.35. The lowest BCUT2D eigenvalue weighted by Crippen LogP contribution is -2.41. The van der Waals surface area contributed by atoms with Gasteiger partial charge in [0.05, 0.1) is 12.7 Å². The van der Waals surface area contributed by atoms with Gasteiger partial charge in [0.25, 0.3) is 5.91 Å². The molecule has 1 saturated heterocycles. The topological polar surface area (TPSA) is 78.9 Å². The highest BCUT2D eigenvalue weighted by Gasteiger charge is 2.32. The molecule has 252 valence electrons. The van der Waals surface area contributed by atoms with E-state index in [4.69, 9.17) is 4.74 Å². The number of ether oxygens (including phenoxy) is 1. The van der Waals surface area contributed by atoms with Crippen molar-refractivity contribution >= 4 is 23.6 Å². The van der Waals surface area contributed by atoms with E-state index in [1.807, 2.05) is 63.4 Å². The Labute approximate surface area is 278 Å². The van der Waals surface area contributed by atoms with Gasteiger partial charge in [0.15, 0.2) is 0 Å². The zero-order valence-electron chi connectivity index (χ0n) is 29.1. The van der Waals surface area contributed by atoms with E-state index < -0.39 is 12.0 Å². The highest BCUT2D eigenvalue weighted by atomic mass is 32.2. The van der Waals surface area contributed by atoms with Gasteiger partial charge in [-0.05, 0) is 84.9 Å². The van der Waals surface area contributed by atoms with Gasteiger partial charge in [-0.2, -0.15) is 11.8 Å². The van der Waals surface area contributed by atoms with E-state index in [1.165, 1.54) is 51.4 Å². The van der Waals surface area contributed by atoms with Gasteiger partial charge in [-0.15, -0.1) is 0 Å². The highest BCUT2D eigenvalue weighted by molar-refractivity contribution is 7.98. The van der Waals surface area contributed by atoms with Gasteiger partial charge in [-0.25, -0.2) is 4.79 Å². The van der Waals surface area contributed by atoms with Crippen LogP contribution in [0.1, 0.15) is 114 Å². The SMILES string of the molecule is CC.CCC.CCC1CC(COC2CCCCC2)N(Cc2ccc(C(=O)NC(CCSC)C(=O)O)c(-c3ccccc3C)c2)C1. The number of carbonyl (C=O) groups excluding carboxylic acids is 1. The van der Waals surface area contributed by atoms with E-state index in [0.29, 0.717) is 35.8 Å². The Balaban J connectivity index is 0.00000133. The summed E-state index contributed by atoms with van der Waals surface area (Å²) in [5.74, 6) is -0.00190. The molecule has 0 bridgehead atoms. The largest absolute Gasteiger partial charge is 0.480 e. The second kappa shape index (κ2) is 21.4. The number of thioether (sulfide) groups is 1. The summed E-state index contributed by atoms with van der Waals surface area (Å²) in [6, 6.07) is 13.6. The summed E-state index contributed by atoms with van der Waals surface area (Å²) in [5.41, 5.74) is 4.60. The molecule has 0 aromatic heterocycles. The Morgan fingerprint density at radius 3 is 2.36 bits per heavy atom. The fourth-order valence-electron chi connectivity index (χ4n) is 6.18. The third-order valence-electron chi connectivity index (χ3n) is 8.63. The van der Waals surface area contributed by atoms with Crippen LogP contribution in [0.2, 0.25) is 0 Å². The van der Waals surface area contributed by atoms with E-state index in [0.717, 1.165) is 42.0 Å². The molecule has 6 nitrogen and oxygen atoms in total. The average Bonchev–Trinajstić information content (AvgIpc) is 3.45. The summed E-state index contributed by atoms with van der Waals surface area (Å²) in [7, 11) is 0. The van der Waals surface area contributed by atoms with E-state index in [2.05, 4.69) is 37.1 Å². The summed E-state index contributed by atoms with van der Waals surface area (Å²) < 4.78 is 6.43. The monoisotopic (exact) mass is 640 g/mol. The van der Waals surface area contributed by atoms with Crippen LogP contribution in [-0.4, -0.2) is 65.2 Å². The van der Waals surface area contributed by atoms with Gasteiger partial charge >= 0.3 is 5.97 Å². The predicted molar refractivity (Wildman–Crippen MR) is 191 cm³/mol. The lowest BCUT2D eigenvalue weighted by Gasteiger charge is -2.28. The first-order valence-electron chi connectivity index (χ1n) is 17.4. The minimum atomic E-state index is -1.00. The molecule has 2 aromatic rings. The maximum atomic E-state index is 13.4. The van der Waals surface area contributed by atoms with Crippen molar-refractivity contribution < 1.29 is 19.4 Å². The minimum absolute atomic E-state index is 0.343. The Morgan fingerprint density at radius 2 is 1.73 bits per heavy atom. The van der Waals surface area contributed by atoms with Crippen molar-refractivity contribution in [3.63, 3.8) is 0 Å². The minimum Gasteiger partial charge on any atom is -0.480 e. The number of hydrogen-bond donors (Lipinski definition) is 2. The molecule has 7 heteroatoms. The number of carboxylic acids is 1. The predicted octanol–water partition coefficient (Wildman–Crippen LogP) is 8.99. The summed E-state index contributed by atoms with van der Waals surface area (Å²) >= 11 is 1.57. The molecule has 45 heavy (non-hydrogen) atoms. The number of nitrogens with zero attached hydrogens (tertiary/aromatic N) is 1. The average molecular weight is 641 g/mol. The molecule has 0 spiro atoms. The standard InChI is InChI=1S/C33H46N2O4S.C3H8.C2H6/c1-4-24-18-26(22-39-27-11-6-5-7-12-27)35(20-24)21-25-14-15-29(30(19-25)28-13-9-8-10-23(28)2)32(36)34-31(33(37)38)16-17-40-3;1-3-2;1-2/h8-10,13-15,19,24,26-27,31H,4-7,11-12,16-18,20-22H2,1-3H3,(H,34,36)(H,37,38);3H2,1-2H3;1-2H3. The fourth-order valence-corrected chi connectivity index (χ4v) is 6.65. The highest BCUT2D eigenvalue weighted by Crippen LogP contribution is 2.32. The zero-order chi connectivity index (χ0) is 33.2. The van der Waals surface area contributed by atoms with Crippen molar-refractivity contribution in [1.82, 2.24) is 10.2 Å². The lowest BCUT2D eigenvalue weighted by atomic mass is 9.93. The third-order valence-corrected chi connectivity index (χ3v) is 9.28. The first-order valence-corrected chi connectivity index (χ1v) is 18.8. The lowest BCUT2D eigenvalue weighted by molar-refractivity contribution is -0.139. The van der Waals surface area contributed by atoms with Crippen LogP contribution in [0.15, 0.2) is 42.5 Å². The van der Waals surface area contributed by atoms with Gasteiger partial charge in [0.1, 0.15) is 6.04 Å². The summed E-state index contributed by atoms with van der Waals surface area (Å²) in [6.45, 7) is 15.2. The van der Waals surface area contributed by atoms with Crippen molar-refractivity contribution in [3.8, 4) is 11.1 Å². The summed E-state index contributed by atoms with van der Waals surface area (Å²) in [5, 5.41) is 12.5. The molecule has 2 N–H and O–H groups in total. The molecule has 2 aliphatic rings. The van der Waals surface area contributed by atoms with Crippen molar-refractivity contribution in [1.29, 1.82) is 0 Å². The Morgan fingerprint density at radius 1 is 1.04 bits per heavy atom. The molecule has 4 rings (SSSR count). The number of carbonyl (C=O) groups is 2. The van der Waals surface area contributed by atoms with Crippen LogP contribution in [-0.2, 0) is 16.1 Å². The maximum absolute atomic E-state index is 13.4. The molecule has 1 heterocycles. The molecule has 3 unspecified atom stereocenters. The van der Waals surface area contributed by atoms with Crippen LogP contribution < -0.4 is 5.32 Å². The summed E-state index contributed by atoms with van der Waals surface area (Å²) in [6.07, 6.45) is 12.6. The van der Waals surface area contributed by atoms with Crippen LogP contribution in [0.25, 0.3) is 11.1 Å². The fraction of sp³-hybridized carbons (Fsp3) is 0.632. The van der Waals surface area contributed by atoms with Gasteiger partial charge in [0.2, 0.25) is 0 Å². The molecule has 3 atom stereocenters. The van der Waals surface area contributed by atoms with Crippen LogP contribution in [0, 0.1) is 12.8 Å². The number of amides is 1. The van der Waals surface area contributed by atoms with E-state index in [-0.39, 0.29) is 5.91 Å². The van der Waals surface area contributed by atoms with E-state index >= 15 is 0 Å². The zero-order valence-corrected chi connectivity index (χ0v) is 29.9. The van der Waals surface area contributed by atoms with Gasteiger partial charge in [0, 0.05) is 24.7 Å². The normalized spacial score (nSPS) is 19.1. The maximum Gasteiger partial charge on any atom is 0.326 e. The number of aliphatic carboxylic acids is 1. The van der Waals surface area contributed by atoms with Gasteiger partial charge < -0.3 is 15.2 Å². The molecule has 1 aliphatic carbocycles. The molecule has 2 aromatic carbocycles. The molecular formula is C38H60N2O4S. The molecule has 0 radical (unpaired) electrons. The smallest absolute Gasteiger partial charge is 0.326 e. The number of carboxylic acid groups (broad SMARTS) is 1. The third kappa shape index (κ3) is 12.4. The van der Waals surface area contributed by atoms with Crippen molar-refractivity contribution in [2.24, 2.45) is 5.92 Å². The van der Waals surface area contributed by atoms with Crippen molar-refractivity contribution in [2.75, 3.05) is 25.2 Å². The first-order chi connectivity index (χ1) is 21.8. The van der Waals surface area contributed by atoms with Crippen LogP contribution in [0.5, 0.6) is 0 Å². The second-order valence-electron chi connectivity index (χ2n) is 12.2. The number of rotatable bonds is 13. The van der Waals surface area contributed by atoms with Gasteiger partial charge in [-0.3, -0.25) is 9.69 Å². The quantitative estimate of drug-likeness (QED) is 0.228. The van der Waals surface area contributed by atoms with Crippen molar-refractivity contribution in [3.05, 3.63) is 59.2 Å². The number of likely N-dealkylation sites (tertiary alicyclic amines) is 1. The van der Waals surface area contributed by atoms with Gasteiger partial charge in [-0.1, -0.05) is 97.1 Å². The second-order valence-corrected chi connectivity index (χ2v) is 13.2. The van der Waals surface area contributed by atoms with Crippen LogP contribution in [0.3, 0.4) is 0 Å². The van der Waals surface area contributed by atoms with Crippen molar-refractivity contribution in [2.45, 2.75) is 124 Å². The summed E-state index contributed by atoms with van der Waals surface area (Å²) in [4.78, 5) is 27.8. The first kappa shape index (κ1) is 38.8. The molecule has 1 saturated carbocycles.